The van der Waals surface area contributed by atoms with E-state index in [0.29, 0.717) is 24.6 Å². The number of aryl methyl sites for hydroxylation is 1. The second-order valence-electron chi connectivity index (χ2n) is 6.96. The molecule has 6 heteroatoms. The minimum absolute atomic E-state index is 0.0885. The highest BCUT2D eigenvalue weighted by molar-refractivity contribution is 5.80. The normalized spacial score (nSPS) is 13.0. The molecule has 0 saturated carbocycles. The molecule has 0 saturated heterocycles. The lowest BCUT2D eigenvalue weighted by Crippen LogP contribution is -2.23. The van der Waals surface area contributed by atoms with Gasteiger partial charge in [-0.05, 0) is 48.4 Å². The molecule has 6 nitrogen and oxygen atoms in total. The number of nitrogens with one attached hydrogen (secondary N) is 1. The third kappa shape index (κ3) is 3.70. The van der Waals surface area contributed by atoms with Crippen molar-refractivity contribution in [3.63, 3.8) is 0 Å². The van der Waals surface area contributed by atoms with Crippen LogP contribution in [0.15, 0.2) is 41.2 Å². The largest absolute Gasteiger partial charge is 0.481 e. The maximum absolute atomic E-state index is 12.2. The van der Waals surface area contributed by atoms with Crippen LogP contribution >= 0.6 is 0 Å². The Morgan fingerprint density at radius 1 is 1.14 bits per heavy atom. The molecule has 0 aliphatic heterocycles. The van der Waals surface area contributed by atoms with Crippen LogP contribution in [0.2, 0.25) is 0 Å². The smallest absolute Gasteiger partial charge is 0.251 e. The van der Waals surface area contributed by atoms with Gasteiger partial charge >= 0.3 is 0 Å². The average molecular weight is 377 g/mol. The van der Waals surface area contributed by atoms with Crippen LogP contribution in [0, 0.1) is 11.3 Å². The Labute approximate surface area is 163 Å². The molecule has 1 unspecified atom stereocenters. The van der Waals surface area contributed by atoms with Crippen molar-refractivity contribution in [1.29, 1.82) is 5.26 Å². The molecule has 0 bridgehead atoms. The topological polar surface area (TPSA) is 88.0 Å². The summed E-state index contributed by atoms with van der Waals surface area (Å²) in [5.41, 5.74) is 2.30. The highest BCUT2D eigenvalue weighted by Gasteiger charge is 2.28. The van der Waals surface area contributed by atoms with E-state index in [2.05, 4.69) is 16.0 Å². The third-order valence-corrected chi connectivity index (χ3v) is 5.00. The second kappa shape index (κ2) is 7.73. The van der Waals surface area contributed by atoms with Gasteiger partial charge in [0, 0.05) is 23.2 Å². The summed E-state index contributed by atoms with van der Waals surface area (Å²) in [5.74, 6) is 0.870. The monoisotopic (exact) mass is 377 g/mol. The number of rotatable bonds is 6. The van der Waals surface area contributed by atoms with Crippen molar-refractivity contribution in [2.45, 2.75) is 32.1 Å². The van der Waals surface area contributed by atoms with E-state index in [1.54, 1.807) is 26.4 Å². The number of nitrogens with zero attached hydrogens (tertiary/aromatic N) is 2. The zero-order valence-electron chi connectivity index (χ0n) is 16.5. The predicted molar refractivity (Wildman–Crippen MR) is 108 cm³/mol. The first-order valence-corrected chi connectivity index (χ1v) is 9.09. The van der Waals surface area contributed by atoms with Gasteiger partial charge in [0.2, 0.25) is 11.8 Å². The maximum atomic E-state index is 12.2. The van der Waals surface area contributed by atoms with Crippen LogP contribution in [0.25, 0.3) is 10.9 Å². The van der Waals surface area contributed by atoms with Crippen LogP contribution in [0.3, 0.4) is 0 Å². The van der Waals surface area contributed by atoms with E-state index in [9.17, 15) is 10.1 Å². The minimum Gasteiger partial charge on any atom is -0.481 e. The van der Waals surface area contributed by atoms with Crippen molar-refractivity contribution >= 4 is 10.9 Å². The van der Waals surface area contributed by atoms with E-state index < -0.39 is 5.41 Å². The van der Waals surface area contributed by atoms with Crippen LogP contribution in [0.5, 0.6) is 11.8 Å². The molecule has 1 N–H and O–H groups in total. The lowest BCUT2D eigenvalue weighted by atomic mass is 9.78. The van der Waals surface area contributed by atoms with Crippen molar-refractivity contribution in [1.82, 2.24) is 9.97 Å². The zero-order chi connectivity index (χ0) is 20.3. The lowest BCUT2D eigenvalue weighted by Gasteiger charge is -2.23. The number of aromatic nitrogens is 2. The molecule has 3 aromatic rings. The molecular weight excluding hydrogens is 354 g/mol. The molecule has 0 fully saturated rings. The van der Waals surface area contributed by atoms with E-state index in [-0.39, 0.29) is 5.56 Å². The number of benzene rings is 1. The minimum atomic E-state index is -0.800. The molecule has 1 aromatic carbocycles. The summed E-state index contributed by atoms with van der Waals surface area (Å²) in [7, 11) is 3.08. The zero-order valence-corrected chi connectivity index (χ0v) is 16.5. The molecule has 2 heterocycles. The van der Waals surface area contributed by atoms with Gasteiger partial charge in [0.15, 0.2) is 0 Å². The number of fused-ring (bicyclic) bond motifs is 1. The first-order valence-electron chi connectivity index (χ1n) is 9.09. The standard InChI is InChI=1S/C22H23N3O3/c1-5-15-10-16-6-7-17(11-18(16)24-21(15)26)22(2,13-23)12-14-8-19(27-3)25-20(9-14)28-4/h6-11H,5,12H2,1-4H3,(H,24,26). The first kappa shape index (κ1) is 19.4. The number of hydrogen-bond donors (Lipinski definition) is 1. The Morgan fingerprint density at radius 3 is 2.39 bits per heavy atom. The maximum Gasteiger partial charge on any atom is 0.251 e. The summed E-state index contributed by atoms with van der Waals surface area (Å²) in [6.07, 6.45) is 1.12. The molecule has 3 rings (SSSR count). The van der Waals surface area contributed by atoms with Crippen molar-refractivity contribution in [2.75, 3.05) is 14.2 Å². The van der Waals surface area contributed by atoms with Gasteiger partial charge in [0.1, 0.15) is 0 Å². The number of ether oxygens (including phenoxy) is 2. The number of H-pyrrole nitrogens is 1. The number of hydrogen-bond acceptors (Lipinski definition) is 5. The molecule has 144 valence electrons. The quantitative estimate of drug-likeness (QED) is 0.710. The molecule has 1 atom stereocenters. The Bertz CT molecular complexity index is 1090. The molecule has 0 aliphatic rings. The van der Waals surface area contributed by atoms with E-state index >= 15 is 0 Å². The Hall–Kier alpha value is -3.33. The SMILES string of the molecule is CCc1cc2ccc(C(C)(C#N)Cc3cc(OC)nc(OC)c3)cc2[nH]c1=O. The third-order valence-electron chi connectivity index (χ3n) is 5.00. The number of pyridine rings is 2. The molecule has 28 heavy (non-hydrogen) atoms. The van der Waals surface area contributed by atoms with Crippen LogP contribution in [0.4, 0.5) is 0 Å². The Morgan fingerprint density at radius 2 is 1.82 bits per heavy atom. The fraction of sp³-hybridized carbons (Fsp3) is 0.318. The van der Waals surface area contributed by atoms with Gasteiger partial charge in [-0.2, -0.15) is 10.2 Å². The van der Waals surface area contributed by atoms with Crippen LogP contribution < -0.4 is 15.0 Å². The molecule has 0 spiro atoms. The van der Waals surface area contributed by atoms with Crippen molar-refractivity contribution in [3.05, 3.63) is 63.4 Å². The van der Waals surface area contributed by atoms with Gasteiger partial charge in [-0.3, -0.25) is 4.79 Å². The molecule has 2 aromatic heterocycles. The van der Waals surface area contributed by atoms with Gasteiger partial charge in [-0.15, -0.1) is 0 Å². The fourth-order valence-electron chi connectivity index (χ4n) is 3.31. The van der Waals surface area contributed by atoms with Gasteiger partial charge in [0.05, 0.1) is 25.7 Å². The van der Waals surface area contributed by atoms with Gasteiger partial charge in [-0.25, -0.2) is 0 Å². The van der Waals surface area contributed by atoms with Gasteiger partial charge < -0.3 is 14.5 Å². The first-order chi connectivity index (χ1) is 13.4. The summed E-state index contributed by atoms with van der Waals surface area (Å²) in [6, 6.07) is 13.7. The second-order valence-corrected chi connectivity index (χ2v) is 6.96. The van der Waals surface area contributed by atoms with Crippen molar-refractivity contribution in [3.8, 4) is 17.8 Å². The Balaban J connectivity index is 2.04. The predicted octanol–water partition coefficient (Wildman–Crippen LogP) is 3.53. The van der Waals surface area contributed by atoms with E-state index in [4.69, 9.17) is 9.47 Å². The summed E-state index contributed by atoms with van der Waals surface area (Å²) in [6.45, 7) is 3.83. The number of aromatic amines is 1. The number of nitriles is 1. The highest BCUT2D eigenvalue weighted by atomic mass is 16.5. The average Bonchev–Trinajstić information content (AvgIpc) is 2.72. The van der Waals surface area contributed by atoms with Gasteiger partial charge in [-0.1, -0.05) is 19.1 Å². The van der Waals surface area contributed by atoms with E-state index in [0.717, 1.165) is 27.6 Å². The van der Waals surface area contributed by atoms with Crippen molar-refractivity contribution in [2.24, 2.45) is 0 Å². The molecule has 0 amide bonds. The van der Waals surface area contributed by atoms with E-state index in [1.165, 1.54) is 0 Å². The summed E-state index contributed by atoms with van der Waals surface area (Å²) >= 11 is 0. The number of methoxy groups -OCH3 is 2. The molecular formula is C22H23N3O3. The van der Waals surface area contributed by atoms with Crippen LogP contribution in [-0.4, -0.2) is 24.2 Å². The van der Waals surface area contributed by atoms with Crippen LogP contribution in [-0.2, 0) is 18.3 Å². The molecule has 0 radical (unpaired) electrons. The fourth-order valence-corrected chi connectivity index (χ4v) is 3.31. The van der Waals surface area contributed by atoms with Gasteiger partial charge in [0.25, 0.3) is 5.56 Å². The lowest BCUT2D eigenvalue weighted by molar-refractivity contribution is 0.363. The molecule has 0 aliphatic carbocycles. The Kier molecular flexibility index (Phi) is 5.36. The van der Waals surface area contributed by atoms with E-state index in [1.807, 2.05) is 38.1 Å². The van der Waals surface area contributed by atoms with Crippen molar-refractivity contribution < 1.29 is 9.47 Å². The summed E-state index contributed by atoms with van der Waals surface area (Å²) < 4.78 is 10.5. The highest BCUT2D eigenvalue weighted by Crippen LogP contribution is 2.31. The summed E-state index contributed by atoms with van der Waals surface area (Å²) in [4.78, 5) is 19.3. The summed E-state index contributed by atoms with van der Waals surface area (Å²) in [5, 5.41) is 10.9. The van der Waals surface area contributed by atoms with Crippen LogP contribution in [0.1, 0.15) is 30.5 Å².